The summed E-state index contributed by atoms with van der Waals surface area (Å²) < 4.78 is 0. The summed E-state index contributed by atoms with van der Waals surface area (Å²) in [7, 11) is 0. The number of rotatable bonds is 4. The van der Waals surface area contributed by atoms with Crippen molar-refractivity contribution in [3.63, 3.8) is 0 Å². The first kappa shape index (κ1) is 12.4. The van der Waals surface area contributed by atoms with Gasteiger partial charge in [-0.15, -0.1) is 0 Å². The fourth-order valence-electron chi connectivity index (χ4n) is 3.55. The van der Waals surface area contributed by atoms with Crippen LogP contribution in [0.4, 0.5) is 0 Å². The van der Waals surface area contributed by atoms with Crippen molar-refractivity contribution in [3.8, 4) is 0 Å². The van der Waals surface area contributed by atoms with Crippen molar-refractivity contribution in [3.05, 3.63) is 23.3 Å². The minimum atomic E-state index is -0.792. The molecule has 17 heavy (non-hydrogen) atoms. The summed E-state index contributed by atoms with van der Waals surface area (Å²) in [4.78, 5) is 10.7. The molecule has 1 fully saturated rings. The van der Waals surface area contributed by atoms with Gasteiger partial charge in [0, 0.05) is 5.57 Å². The number of aliphatic carboxylic acids is 1. The molecule has 0 aliphatic heterocycles. The normalized spacial score (nSPS) is 36.2. The number of hydrogen-bond donors (Lipinski definition) is 1. The highest BCUT2D eigenvalue weighted by atomic mass is 16.4. The largest absolute Gasteiger partial charge is 0.478 e. The molecule has 0 aromatic heterocycles. The van der Waals surface area contributed by atoms with E-state index in [4.69, 9.17) is 5.11 Å². The molecule has 2 heteroatoms. The van der Waals surface area contributed by atoms with Gasteiger partial charge >= 0.3 is 5.97 Å². The van der Waals surface area contributed by atoms with E-state index in [-0.39, 0.29) is 0 Å². The van der Waals surface area contributed by atoms with E-state index in [0.717, 1.165) is 24.7 Å². The van der Waals surface area contributed by atoms with Gasteiger partial charge in [-0.05, 0) is 56.8 Å². The van der Waals surface area contributed by atoms with Crippen LogP contribution in [0.25, 0.3) is 0 Å². The van der Waals surface area contributed by atoms with Gasteiger partial charge in [0.25, 0.3) is 0 Å². The van der Waals surface area contributed by atoms with Gasteiger partial charge < -0.3 is 5.11 Å². The van der Waals surface area contributed by atoms with Gasteiger partial charge in [-0.3, -0.25) is 0 Å². The van der Waals surface area contributed by atoms with E-state index in [1.807, 2.05) is 6.08 Å². The number of carbonyl (C=O) groups is 1. The quantitative estimate of drug-likeness (QED) is 0.593. The Kier molecular flexibility index (Phi) is 3.15. The molecular formula is C15H22O2. The Morgan fingerprint density at radius 3 is 2.88 bits per heavy atom. The third-order valence-corrected chi connectivity index (χ3v) is 4.99. The molecule has 0 unspecified atom stereocenters. The molecule has 0 radical (unpaired) electrons. The van der Waals surface area contributed by atoms with Crippen molar-refractivity contribution >= 4 is 5.97 Å². The summed E-state index contributed by atoms with van der Waals surface area (Å²) in [5.41, 5.74) is 2.45. The Hall–Kier alpha value is -1.05. The lowest BCUT2D eigenvalue weighted by atomic mass is 9.47. The summed E-state index contributed by atoms with van der Waals surface area (Å²) in [6, 6.07) is 0. The van der Waals surface area contributed by atoms with Crippen LogP contribution in [0.3, 0.4) is 0 Å². The van der Waals surface area contributed by atoms with Gasteiger partial charge in [0.05, 0.1) is 0 Å². The van der Waals surface area contributed by atoms with Crippen LogP contribution < -0.4 is 0 Å². The number of allylic oxidation sites excluding steroid dienone is 3. The minimum absolute atomic E-state index is 0.425. The Morgan fingerprint density at radius 1 is 1.65 bits per heavy atom. The molecule has 3 aliphatic carbocycles. The first-order valence-corrected chi connectivity index (χ1v) is 6.52. The Labute approximate surface area is 103 Å². The Morgan fingerprint density at radius 2 is 2.35 bits per heavy atom. The van der Waals surface area contributed by atoms with E-state index < -0.39 is 5.97 Å². The highest BCUT2D eigenvalue weighted by Crippen LogP contribution is 2.61. The minimum Gasteiger partial charge on any atom is -0.478 e. The van der Waals surface area contributed by atoms with Crippen LogP contribution >= 0.6 is 0 Å². The lowest BCUT2D eigenvalue weighted by molar-refractivity contribution is -0.132. The first-order chi connectivity index (χ1) is 7.95. The second kappa shape index (κ2) is 4.32. The zero-order valence-electron chi connectivity index (χ0n) is 11.0. The van der Waals surface area contributed by atoms with Crippen molar-refractivity contribution < 1.29 is 9.90 Å². The van der Waals surface area contributed by atoms with Crippen LogP contribution in [0, 0.1) is 17.3 Å². The summed E-state index contributed by atoms with van der Waals surface area (Å²) in [5, 5.41) is 8.81. The zero-order valence-corrected chi connectivity index (χ0v) is 11.0. The topological polar surface area (TPSA) is 37.3 Å². The molecule has 2 bridgehead atoms. The second-order valence-corrected chi connectivity index (χ2v) is 5.91. The maximum Gasteiger partial charge on any atom is 0.330 e. The van der Waals surface area contributed by atoms with Crippen molar-refractivity contribution in [2.45, 2.75) is 46.5 Å². The first-order valence-electron chi connectivity index (χ1n) is 6.52. The molecule has 1 saturated carbocycles. The standard InChI is InChI=1S/C15H22O2/c1-10-6-7-12-9-13(10)15(12,3)8-4-5-11(2)14(16)17/h5-6,12-13H,4,7-9H2,1-3H3,(H,16,17)/b11-5+/t12-,13-,15+/m0/s1. The van der Waals surface area contributed by atoms with Crippen LogP contribution in [0.15, 0.2) is 23.3 Å². The number of fused-ring (bicyclic) bond motifs is 1. The van der Waals surface area contributed by atoms with Crippen molar-refractivity contribution in [2.75, 3.05) is 0 Å². The molecule has 94 valence electrons. The summed E-state index contributed by atoms with van der Waals surface area (Å²) in [5.74, 6) is 0.787. The zero-order chi connectivity index (χ0) is 12.6. The predicted molar refractivity (Wildman–Crippen MR) is 68.7 cm³/mol. The average Bonchev–Trinajstić information content (AvgIpc) is 2.27. The molecule has 2 nitrogen and oxygen atoms in total. The monoisotopic (exact) mass is 234 g/mol. The summed E-state index contributed by atoms with van der Waals surface area (Å²) >= 11 is 0. The van der Waals surface area contributed by atoms with Gasteiger partial charge in [-0.2, -0.15) is 0 Å². The number of carboxylic acid groups (broad SMARTS) is 1. The van der Waals surface area contributed by atoms with E-state index in [9.17, 15) is 4.79 Å². The SMILES string of the molecule is CC1=CC[C@H]2C[C@@H]1[C@]2(C)CC/C=C(\C)C(=O)O. The average molecular weight is 234 g/mol. The maximum atomic E-state index is 10.7. The molecule has 0 aromatic carbocycles. The van der Waals surface area contributed by atoms with E-state index >= 15 is 0 Å². The molecule has 0 spiro atoms. The molecule has 3 rings (SSSR count). The second-order valence-electron chi connectivity index (χ2n) is 5.91. The Balaban J connectivity index is 1.95. The van der Waals surface area contributed by atoms with Crippen molar-refractivity contribution in [1.29, 1.82) is 0 Å². The highest BCUT2D eigenvalue weighted by Gasteiger charge is 2.52. The molecule has 3 atom stereocenters. The van der Waals surface area contributed by atoms with Crippen LogP contribution in [0.2, 0.25) is 0 Å². The maximum absolute atomic E-state index is 10.7. The number of carboxylic acids is 1. The smallest absolute Gasteiger partial charge is 0.330 e. The number of hydrogen-bond acceptors (Lipinski definition) is 1. The lowest BCUT2D eigenvalue weighted by Crippen LogP contribution is -2.49. The van der Waals surface area contributed by atoms with Crippen LogP contribution in [0.1, 0.15) is 46.5 Å². The van der Waals surface area contributed by atoms with Crippen molar-refractivity contribution in [2.24, 2.45) is 17.3 Å². The van der Waals surface area contributed by atoms with E-state index in [1.165, 1.54) is 12.8 Å². The molecule has 1 N–H and O–H groups in total. The molecule has 3 aliphatic rings. The molecule has 0 amide bonds. The Bertz CT molecular complexity index is 392. The third-order valence-electron chi connectivity index (χ3n) is 4.99. The van der Waals surface area contributed by atoms with Gasteiger partial charge in [0.2, 0.25) is 0 Å². The molecule has 0 heterocycles. The van der Waals surface area contributed by atoms with E-state index in [1.54, 1.807) is 12.5 Å². The van der Waals surface area contributed by atoms with Crippen LogP contribution in [-0.2, 0) is 4.79 Å². The lowest BCUT2D eigenvalue weighted by Gasteiger charge is -2.58. The van der Waals surface area contributed by atoms with Crippen LogP contribution in [0.5, 0.6) is 0 Å². The molecular weight excluding hydrogens is 212 g/mol. The van der Waals surface area contributed by atoms with Gasteiger partial charge in [0.1, 0.15) is 0 Å². The van der Waals surface area contributed by atoms with Crippen LogP contribution in [-0.4, -0.2) is 11.1 Å². The van der Waals surface area contributed by atoms with Gasteiger partial charge in [0.15, 0.2) is 0 Å². The van der Waals surface area contributed by atoms with E-state index in [2.05, 4.69) is 19.9 Å². The van der Waals surface area contributed by atoms with Gasteiger partial charge in [-0.1, -0.05) is 24.6 Å². The van der Waals surface area contributed by atoms with E-state index in [0.29, 0.717) is 11.0 Å². The predicted octanol–water partition coefficient (Wildman–Crippen LogP) is 3.79. The third kappa shape index (κ3) is 2.05. The highest BCUT2D eigenvalue weighted by molar-refractivity contribution is 5.85. The fraction of sp³-hybridized carbons (Fsp3) is 0.667. The fourth-order valence-corrected chi connectivity index (χ4v) is 3.55. The summed E-state index contributed by atoms with van der Waals surface area (Å²) in [6.07, 6.45) is 8.85. The molecule has 0 aromatic rings. The summed E-state index contributed by atoms with van der Waals surface area (Å²) in [6.45, 7) is 6.31. The van der Waals surface area contributed by atoms with Crippen molar-refractivity contribution in [1.82, 2.24) is 0 Å². The van der Waals surface area contributed by atoms with Gasteiger partial charge in [-0.25, -0.2) is 4.79 Å². The molecule has 0 saturated heterocycles.